The Morgan fingerprint density at radius 2 is 1.62 bits per heavy atom. The summed E-state index contributed by atoms with van der Waals surface area (Å²) in [4.78, 5) is 13.4. The molecule has 0 atom stereocenters. The second-order valence-electron chi connectivity index (χ2n) is 4.86. The lowest BCUT2D eigenvalue weighted by molar-refractivity contribution is -0.130. The van der Waals surface area contributed by atoms with Crippen molar-refractivity contribution in [2.45, 2.75) is 0 Å². The summed E-state index contributed by atoms with van der Waals surface area (Å²) in [5.41, 5.74) is 2.77. The summed E-state index contributed by atoms with van der Waals surface area (Å²) in [6.45, 7) is 0. The predicted molar refractivity (Wildman–Crippen MR) is 87.7 cm³/mol. The molecule has 1 N–H and O–H groups in total. The number of benzene rings is 2. The molecular weight excluding hydrogens is 286 g/mol. The Hall–Kier alpha value is -2.26. The normalized spacial score (nSPS) is 11.3. The molecule has 0 aliphatic rings. The summed E-state index contributed by atoms with van der Waals surface area (Å²) in [5, 5.41) is 9.97. The number of carboxylic acid groups (broad SMARTS) is 1. The number of halogens is 1. The van der Waals surface area contributed by atoms with Crippen LogP contribution in [0, 0.1) is 0 Å². The topological polar surface area (TPSA) is 40.5 Å². The van der Waals surface area contributed by atoms with Crippen LogP contribution in [0.2, 0.25) is 5.02 Å². The number of anilines is 1. The molecule has 0 heterocycles. The van der Waals surface area contributed by atoms with Crippen LogP contribution in [0.3, 0.4) is 0 Å². The summed E-state index contributed by atoms with van der Waals surface area (Å²) < 4.78 is 0. The Balaban J connectivity index is 2.37. The highest BCUT2D eigenvalue weighted by molar-refractivity contribution is 6.30. The van der Waals surface area contributed by atoms with Gasteiger partial charge in [-0.25, -0.2) is 4.79 Å². The van der Waals surface area contributed by atoms with Crippen molar-refractivity contribution >= 4 is 34.9 Å². The number of aliphatic carboxylic acids is 1. The van der Waals surface area contributed by atoms with E-state index in [0.29, 0.717) is 10.6 Å². The number of rotatable bonds is 4. The zero-order valence-electron chi connectivity index (χ0n) is 11.9. The van der Waals surface area contributed by atoms with E-state index in [2.05, 4.69) is 0 Å². The maximum absolute atomic E-state index is 11.5. The average Bonchev–Trinajstić information content (AvgIpc) is 2.46. The molecule has 4 heteroatoms. The molecule has 0 bridgehead atoms. The van der Waals surface area contributed by atoms with E-state index in [1.54, 1.807) is 30.3 Å². The zero-order valence-corrected chi connectivity index (χ0v) is 12.6. The number of hydrogen-bond donors (Lipinski definition) is 1. The van der Waals surface area contributed by atoms with Crippen LogP contribution in [-0.4, -0.2) is 25.2 Å². The van der Waals surface area contributed by atoms with Gasteiger partial charge in [-0.3, -0.25) is 0 Å². The van der Waals surface area contributed by atoms with Gasteiger partial charge in [0.1, 0.15) is 0 Å². The van der Waals surface area contributed by atoms with E-state index >= 15 is 0 Å². The molecule has 0 aliphatic heterocycles. The highest BCUT2D eigenvalue weighted by Crippen LogP contribution is 2.22. The van der Waals surface area contributed by atoms with Gasteiger partial charge in [-0.2, -0.15) is 0 Å². The van der Waals surface area contributed by atoms with Gasteiger partial charge >= 0.3 is 5.97 Å². The molecule has 0 aromatic heterocycles. The lowest BCUT2D eigenvalue weighted by Gasteiger charge is -2.12. The molecule has 2 aromatic rings. The molecule has 2 aromatic carbocycles. The minimum absolute atomic E-state index is 0.240. The van der Waals surface area contributed by atoms with E-state index in [1.165, 1.54) is 0 Å². The summed E-state index contributed by atoms with van der Waals surface area (Å²) in [6.07, 6.45) is 1.66. The number of carbonyl (C=O) groups is 1. The summed E-state index contributed by atoms with van der Waals surface area (Å²) >= 11 is 5.83. The Kier molecular flexibility index (Phi) is 4.66. The third kappa shape index (κ3) is 3.86. The molecule has 0 aliphatic carbocycles. The van der Waals surface area contributed by atoms with E-state index in [0.717, 1.165) is 11.3 Å². The van der Waals surface area contributed by atoms with Crippen LogP contribution in [0.25, 0.3) is 11.6 Å². The first-order valence-corrected chi connectivity index (χ1v) is 6.83. The van der Waals surface area contributed by atoms with Gasteiger partial charge < -0.3 is 10.0 Å². The molecule has 0 fully saturated rings. The molecule has 3 nitrogen and oxygen atoms in total. The average molecular weight is 302 g/mol. The van der Waals surface area contributed by atoms with Crippen LogP contribution in [-0.2, 0) is 4.79 Å². The fraction of sp³-hybridized carbons (Fsp3) is 0.118. The van der Waals surface area contributed by atoms with Crippen LogP contribution in [0.5, 0.6) is 0 Å². The molecule has 0 saturated carbocycles. The van der Waals surface area contributed by atoms with Crippen LogP contribution in [0.4, 0.5) is 5.69 Å². The van der Waals surface area contributed by atoms with E-state index in [4.69, 9.17) is 11.6 Å². The predicted octanol–water partition coefficient (Wildman–Crippen LogP) is 4.03. The van der Waals surface area contributed by atoms with Crippen molar-refractivity contribution < 1.29 is 9.90 Å². The van der Waals surface area contributed by atoms with Gasteiger partial charge in [-0.05, 0) is 41.5 Å². The summed E-state index contributed by atoms with van der Waals surface area (Å²) in [7, 11) is 3.92. The van der Waals surface area contributed by atoms with Crippen molar-refractivity contribution in [1.82, 2.24) is 0 Å². The highest BCUT2D eigenvalue weighted by Gasteiger charge is 2.10. The van der Waals surface area contributed by atoms with E-state index in [9.17, 15) is 9.90 Å². The lowest BCUT2D eigenvalue weighted by Crippen LogP contribution is -2.08. The monoisotopic (exact) mass is 301 g/mol. The van der Waals surface area contributed by atoms with Crippen molar-refractivity contribution in [3.8, 4) is 0 Å². The van der Waals surface area contributed by atoms with Crippen LogP contribution in [0.1, 0.15) is 11.1 Å². The first-order chi connectivity index (χ1) is 9.97. The fourth-order valence-corrected chi connectivity index (χ4v) is 2.06. The Bertz CT molecular complexity index is 658. The first kappa shape index (κ1) is 15.1. The number of carboxylic acids is 1. The van der Waals surface area contributed by atoms with Gasteiger partial charge in [0.25, 0.3) is 0 Å². The zero-order chi connectivity index (χ0) is 15.4. The molecule has 108 valence electrons. The maximum Gasteiger partial charge on any atom is 0.336 e. The van der Waals surface area contributed by atoms with Gasteiger partial charge in [-0.15, -0.1) is 0 Å². The Labute approximate surface area is 129 Å². The second-order valence-corrected chi connectivity index (χ2v) is 5.29. The largest absolute Gasteiger partial charge is 0.478 e. The standard InChI is InChI=1S/C17H16ClNO2/c1-19(2)15-9-3-12(4-10-15)11-16(17(20)21)13-5-7-14(18)8-6-13/h3-11H,1-2H3,(H,20,21)/b16-11-. The van der Waals surface area contributed by atoms with Crippen LogP contribution in [0.15, 0.2) is 48.5 Å². The molecule has 2 rings (SSSR count). The van der Waals surface area contributed by atoms with E-state index in [-0.39, 0.29) is 5.57 Å². The van der Waals surface area contributed by atoms with Gasteiger partial charge in [0.05, 0.1) is 5.57 Å². The number of hydrogen-bond acceptors (Lipinski definition) is 2. The maximum atomic E-state index is 11.5. The van der Waals surface area contributed by atoms with E-state index in [1.807, 2.05) is 43.3 Å². The molecule has 0 radical (unpaired) electrons. The molecule has 0 spiro atoms. The van der Waals surface area contributed by atoms with Crippen LogP contribution >= 0.6 is 11.6 Å². The van der Waals surface area contributed by atoms with Crippen molar-refractivity contribution in [1.29, 1.82) is 0 Å². The van der Waals surface area contributed by atoms with Crippen molar-refractivity contribution in [2.24, 2.45) is 0 Å². The quantitative estimate of drug-likeness (QED) is 0.684. The minimum Gasteiger partial charge on any atom is -0.478 e. The van der Waals surface area contributed by atoms with Crippen molar-refractivity contribution in [3.05, 3.63) is 64.7 Å². The third-order valence-corrected chi connectivity index (χ3v) is 3.36. The summed E-state index contributed by atoms with van der Waals surface area (Å²) in [6, 6.07) is 14.5. The summed E-state index contributed by atoms with van der Waals surface area (Å²) in [5.74, 6) is -0.964. The first-order valence-electron chi connectivity index (χ1n) is 6.45. The third-order valence-electron chi connectivity index (χ3n) is 3.11. The Morgan fingerprint density at radius 1 is 1.05 bits per heavy atom. The Morgan fingerprint density at radius 3 is 2.10 bits per heavy atom. The number of nitrogens with zero attached hydrogens (tertiary/aromatic N) is 1. The minimum atomic E-state index is -0.964. The molecular formula is C17H16ClNO2. The SMILES string of the molecule is CN(C)c1ccc(/C=C(\C(=O)O)c2ccc(Cl)cc2)cc1. The fourth-order valence-electron chi connectivity index (χ4n) is 1.93. The highest BCUT2D eigenvalue weighted by atomic mass is 35.5. The van der Waals surface area contributed by atoms with Gasteiger partial charge in [0.15, 0.2) is 0 Å². The van der Waals surface area contributed by atoms with Gasteiger partial charge in [0.2, 0.25) is 0 Å². The molecule has 21 heavy (non-hydrogen) atoms. The van der Waals surface area contributed by atoms with E-state index < -0.39 is 5.97 Å². The smallest absolute Gasteiger partial charge is 0.336 e. The van der Waals surface area contributed by atoms with Gasteiger partial charge in [0, 0.05) is 24.8 Å². The van der Waals surface area contributed by atoms with Crippen LogP contribution < -0.4 is 4.90 Å². The molecule has 0 saturated heterocycles. The second kappa shape index (κ2) is 6.46. The molecule has 0 amide bonds. The van der Waals surface area contributed by atoms with Gasteiger partial charge in [-0.1, -0.05) is 35.9 Å². The van der Waals surface area contributed by atoms with Crippen molar-refractivity contribution in [3.63, 3.8) is 0 Å². The van der Waals surface area contributed by atoms with Crippen molar-refractivity contribution in [2.75, 3.05) is 19.0 Å². The molecule has 0 unspecified atom stereocenters. The lowest BCUT2D eigenvalue weighted by atomic mass is 10.0.